The van der Waals surface area contributed by atoms with E-state index < -0.39 is 5.54 Å². The Balaban J connectivity index is 4.41. The van der Waals surface area contributed by atoms with E-state index in [1.165, 1.54) is 0 Å². The van der Waals surface area contributed by atoms with Gasteiger partial charge in [-0.15, -0.1) is 0 Å². The summed E-state index contributed by atoms with van der Waals surface area (Å²) in [6.45, 7) is 11.3. The number of hydrogen-bond acceptors (Lipinski definition) is 4. The predicted octanol–water partition coefficient (Wildman–Crippen LogP) is 1.23. The molecule has 0 radical (unpaired) electrons. The van der Waals surface area contributed by atoms with Crippen molar-refractivity contribution in [3.05, 3.63) is 0 Å². The summed E-state index contributed by atoms with van der Waals surface area (Å²) in [7, 11) is 1.70. The zero-order valence-corrected chi connectivity index (χ0v) is 11.2. The smallest absolute Gasteiger partial charge is 0.116 e. The molecule has 0 amide bonds. The van der Waals surface area contributed by atoms with Crippen LogP contribution in [-0.2, 0) is 4.74 Å². The molecule has 1 atom stereocenters. The summed E-state index contributed by atoms with van der Waals surface area (Å²) in [6.07, 6.45) is 0. The van der Waals surface area contributed by atoms with E-state index in [0.29, 0.717) is 12.6 Å². The lowest BCUT2D eigenvalue weighted by molar-refractivity contribution is 0.114. The monoisotopic (exact) mass is 227 g/mol. The van der Waals surface area contributed by atoms with E-state index in [1.54, 1.807) is 7.11 Å². The van der Waals surface area contributed by atoms with Crippen LogP contribution >= 0.6 is 0 Å². The molecule has 0 bridgehead atoms. The Labute approximate surface area is 99.6 Å². The van der Waals surface area contributed by atoms with Crippen LogP contribution in [0.25, 0.3) is 0 Å². The maximum Gasteiger partial charge on any atom is 0.116 e. The van der Waals surface area contributed by atoms with Gasteiger partial charge in [-0.1, -0.05) is 6.92 Å². The maximum absolute atomic E-state index is 9.20. The van der Waals surface area contributed by atoms with Gasteiger partial charge in [-0.25, -0.2) is 0 Å². The molecule has 1 unspecified atom stereocenters. The van der Waals surface area contributed by atoms with Gasteiger partial charge in [0.25, 0.3) is 0 Å². The average molecular weight is 227 g/mol. The Morgan fingerprint density at radius 3 is 2.50 bits per heavy atom. The first-order chi connectivity index (χ1) is 7.49. The van der Waals surface area contributed by atoms with Crippen molar-refractivity contribution in [3.63, 3.8) is 0 Å². The van der Waals surface area contributed by atoms with Crippen molar-refractivity contribution in [2.75, 3.05) is 33.4 Å². The highest BCUT2D eigenvalue weighted by Gasteiger charge is 2.26. The van der Waals surface area contributed by atoms with Crippen molar-refractivity contribution in [2.45, 2.75) is 39.3 Å². The first-order valence-electron chi connectivity index (χ1n) is 5.88. The van der Waals surface area contributed by atoms with Gasteiger partial charge in [0.1, 0.15) is 5.54 Å². The van der Waals surface area contributed by atoms with Gasteiger partial charge in [-0.2, -0.15) is 5.26 Å². The summed E-state index contributed by atoms with van der Waals surface area (Å²) in [5.74, 6) is 0. The Hall–Kier alpha value is -0.630. The van der Waals surface area contributed by atoms with Crippen molar-refractivity contribution in [1.82, 2.24) is 10.2 Å². The lowest BCUT2D eigenvalue weighted by atomic mass is 10.0. The molecule has 0 saturated heterocycles. The summed E-state index contributed by atoms with van der Waals surface area (Å²) in [4.78, 5) is 2.26. The zero-order valence-electron chi connectivity index (χ0n) is 11.2. The van der Waals surface area contributed by atoms with Gasteiger partial charge in [0.05, 0.1) is 12.7 Å². The van der Waals surface area contributed by atoms with Crippen LogP contribution in [0.2, 0.25) is 0 Å². The van der Waals surface area contributed by atoms with Gasteiger partial charge in [0.2, 0.25) is 0 Å². The third-order valence-corrected chi connectivity index (χ3v) is 2.65. The Kier molecular flexibility index (Phi) is 7.31. The highest BCUT2D eigenvalue weighted by molar-refractivity contribution is 5.05. The molecule has 0 rings (SSSR count). The number of likely N-dealkylation sites (N-methyl/N-ethyl adjacent to an activating group) is 1. The minimum Gasteiger partial charge on any atom is -0.383 e. The van der Waals surface area contributed by atoms with Crippen LogP contribution in [0.15, 0.2) is 0 Å². The summed E-state index contributed by atoms with van der Waals surface area (Å²) in [5.41, 5.74) is -0.479. The molecule has 1 N–H and O–H groups in total. The Morgan fingerprint density at radius 2 is 2.12 bits per heavy atom. The number of hydrogen-bond donors (Lipinski definition) is 1. The highest BCUT2D eigenvalue weighted by Crippen LogP contribution is 2.08. The van der Waals surface area contributed by atoms with Crippen LogP contribution in [0.3, 0.4) is 0 Å². The fourth-order valence-electron chi connectivity index (χ4n) is 1.66. The van der Waals surface area contributed by atoms with Crippen LogP contribution in [0, 0.1) is 11.3 Å². The van der Waals surface area contributed by atoms with E-state index >= 15 is 0 Å². The van der Waals surface area contributed by atoms with E-state index in [-0.39, 0.29) is 0 Å². The molecule has 0 aromatic rings. The topological polar surface area (TPSA) is 48.3 Å². The first kappa shape index (κ1) is 15.4. The molecule has 0 saturated carbocycles. The van der Waals surface area contributed by atoms with Gasteiger partial charge >= 0.3 is 0 Å². The van der Waals surface area contributed by atoms with E-state index in [1.807, 2.05) is 13.8 Å². The van der Waals surface area contributed by atoms with Crippen molar-refractivity contribution in [2.24, 2.45) is 0 Å². The summed E-state index contributed by atoms with van der Waals surface area (Å²) in [5, 5.41) is 12.4. The first-order valence-corrected chi connectivity index (χ1v) is 5.88. The van der Waals surface area contributed by atoms with Crippen molar-refractivity contribution >= 4 is 0 Å². The van der Waals surface area contributed by atoms with Crippen LogP contribution in [-0.4, -0.2) is 49.8 Å². The maximum atomic E-state index is 9.20. The van der Waals surface area contributed by atoms with Crippen LogP contribution in [0.4, 0.5) is 0 Å². The number of nitriles is 1. The molecule has 0 aliphatic heterocycles. The molecule has 0 aromatic carbocycles. The number of nitrogens with zero attached hydrogens (tertiary/aromatic N) is 2. The second-order valence-corrected chi connectivity index (χ2v) is 4.53. The molecule has 0 fully saturated rings. The Morgan fingerprint density at radius 1 is 1.50 bits per heavy atom. The number of rotatable bonds is 8. The standard InChI is InChI=1S/C12H25N3O/c1-6-14-12(4,9-13)10-15(11(2)3)7-8-16-5/h11,14H,6-8,10H2,1-5H3. The molecule has 0 spiro atoms. The number of methoxy groups -OCH3 is 1. The van der Waals surface area contributed by atoms with Crippen molar-refractivity contribution < 1.29 is 4.74 Å². The van der Waals surface area contributed by atoms with Gasteiger partial charge in [0, 0.05) is 26.2 Å². The number of nitrogens with one attached hydrogen (secondary N) is 1. The number of ether oxygens (including phenoxy) is 1. The molecule has 94 valence electrons. The van der Waals surface area contributed by atoms with E-state index in [0.717, 1.165) is 19.6 Å². The zero-order chi connectivity index (χ0) is 12.6. The van der Waals surface area contributed by atoms with Crippen molar-refractivity contribution in [3.8, 4) is 6.07 Å². The van der Waals surface area contributed by atoms with Gasteiger partial charge in [-0.05, 0) is 27.3 Å². The van der Waals surface area contributed by atoms with E-state index in [2.05, 4.69) is 30.1 Å². The lowest BCUT2D eigenvalue weighted by Crippen LogP contribution is -2.52. The molecule has 16 heavy (non-hydrogen) atoms. The highest BCUT2D eigenvalue weighted by atomic mass is 16.5. The van der Waals surface area contributed by atoms with E-state index in [4.69, 9.17) is 4.74 Å². The fraction of sp³-hybridized carbons (Fsp3) is 0.917. The van der Waals surface area contributed by atoms with Gasteiger partial charge in [0.15, 0.2) is 0 Å². The molecule has 0 aliphatic rings. The summed E-state index contributed by atoms with van der Waals surface area (Å²) >= 11 is 0. The van der Waals surface area contributed by atoms with Crippen LogP contribution in [0.1, 0.15) is 27.7 Å². The quantitative estimate of drug-likeness (QED) is 0.677. The van der Waals surface area contributed by atoms with Crippen molar-refractivity contribution in [1.29, 1.82) is 5.26 Å². The molecular formula is C12H25N3O. The Bertz CT molecular complexity index is 225. The van der Waals surface area contributed by atoms with Crippen LogP contribution < -0.4 is 5.32 Å². The van der Waals surface area contributed by atoms with Gasteiger partial charge in [-0.3, -0.25) is 10.2 Å². The molecule has 0 aliphatic carbocycles. The normalized spacial score (nSPS) is 15.1. The largest absolute Gasteiger partial charge is 0.383 e. The SMILES string of the molecule is CCNC(C)(C#N)CN(CCOC)C(C)C. The fourth-order valence-corrected chi connectivity index (χ4v) is 1.66. The summed E-state index contributed by atoms with van der Waals surface area (Å²) < 4.78 is 5.09. The predicted molar refractivity (Wildman–Crippen MR) is 66.3 cm³/mol. The molecule has 4 nitrogen and oxygen atoms in total. The average Bonchev–Trinajstić information content (AvgIpc) is 2.24. The van der Waals surface area contributed by atoms with E-state index in [9.17, 15) is 5.26 Å². The minimum atomic E-state index is -0.479. The summed E-state index contributed by atoms with van der Waals surface area (Å²) in [6, 6.07) is 2.77. The van der Waals surface area contributed by atoms with Crippen LogP contribution in [0.5, 0.6) is 0 Å². The molecular weight excluding hydrogens is 202 g/mol. The second kappa shape index (κ2) is 7.61. The third kappa shape index (κ3) is 5.45. The molecule has 0 aromatic heterocycles. The molecule has 0 heterocycles. The molecule has 4 heteroatoms. The second-order valence-electron chi connectivity index (χ2n) is 4.53. The lowest BCUT2D eigenvalue weighted by Gasteiger charge is -2.33. The minimum absolute atomic E-state index is 0.418. The van der Waals surface area contributed by atoms with Gasteiger partial charge < -0.3 is 4.74 Å². The third-order valence-electron chi connectivity index (χ3n) is 2.65.